The molecule has 0 heterocycles. The minimum absolute atomic E-state index is 0.379. The van der Waals surface area contributed by atoms with E-state index in [4.69, 9.17) is 0 Å². The molecule has 1 N–H and O–H groups in total. The Morgan fingerprint density at radius 3 is 2.47 bits per heavy atom. The van der Waals surface area contributed by atoms with Gasteiger partial charge in [-0.25, -0.2) is 0 Å². The van der Waals surface area contributed by atoms with Crippen LogP contribution >= 0.6 is 11.8 Å². The van der Waals surface area contributed by atoms with E-state index >= 15 is 0 Å². The molecule has 0 saturated heterocycles. The standard InChI is InChI=1S/C15H31NS/c1-12(2)13-7-6-8-14(10-9-13)16-11-15(3,4)17-5/h12-14,16H,6-11H2,1-5H3. The van der Waals surface area contributed by atoms with Crippen molar-refractivity contribution < 1.29 is 0 Å². The lowest BCUT2D eigenvalue weighted by molar-refractivity contribution is 0.337. The smallest absolute Gasteiger partial charge is 0.0225 e. The summed E-state index contributed by atoms with van der Waals surface area (Å²) in [5.74, 6) is 1.84. The molecule has 0 radical (unpaired) electrons. The Kier molecular flexibility index (Phi) is 6.36. The zero-order valence-electron chi connectivity index (χ0n) is 12.4. The molecule has 0 aromatic rings. The summed E-state index contributed by atoms with van der Waals surface area (Å²) in [6, 6.07) is 0.769. The summed E-state index contributed by atoms with van der Waals surface area (Å²) < 4.78 is 0.379. The molecule has 1 aliphatic rings. The lowest BCUT2D eigenvalue weighted by Crippen LogP contribution is -2.38. The Labute approximate surface area is 113 Å². The molecule has 2 atom stereocenters. The van der Waals surface area contributed by atoms with Gasteiger partial charge in [0, 0.05) is 17.3 Å². The first-order chi connectivity index (χ1) is 7.94. The second-order valence-electron chi connectivity index (χ2n) is 6.55. The van der Waals surface area contributed by atoms with E-state index in [1.165, 1.54) is 32.1 Å². The van der Waals surface area contributed by atoms with Crippen LogP contribution in [0.4, 0.5) is 0 Å². The molecule has 17 heavy (non-hydrogen) atoms. The van der Waals surface area contributed by atoms with Gasteiger partial charge in [-0.15, -0.1) is 0 Å². The molecule has 102 valence electrons. The van der Waals surface area contributed by atoms with Crippen molar-refractivity contribution in [2.45, 2.75) is 70.6 Å². The van der Waals surface area contributed by atoms with Gasteiger partial charge < -0.3 is 5.32 Å². The molecule has 1 rings (SSSR count). The van der Waals surface area contributed by atoms with Crippen LogP contribution in [0.25, 0.3) is 0 Å². The maximum absolute atomic E-state index is 3.79. The molecule has 0 amide bonds. The van der Waals surface area contributed by atoms with Gasteiger partial charge in [0.1, 0.15) is 0 Å². The first-order valence-electron chi connectivity index (χ1n) is 7.23. The number of rotatable bonds is 5. The van der Waals surface area contributed by atoms with Gasteiger partial charge in [-0.3, -0.25) is 0 Å². The fourth-order valence-electron chi connectivity index (χ4n) is 2.66. The highest BCUT2D eigenvalue weighted by Crippen LogP contribution is 2.29. The Balaban J connectivity index is 2.32. The van der Waals surface area contributed by atoms with Gasteiger partial charge >= 0.3 is 0 Å². The van der Waals surface area contributed by atoms with E-state index in [-0.39, 0.29) is 0 Å². The van der Waals surface area contributed by atoms with Crippen LogP contribution in [0, 0.1) is 11.8 Å². The van der Waals surface area contributed by atoms with Crippen molar-refractivity contribution in [2.75, 3.05) is 12.8 Å². The maximum Gasteiger partial charge on any atom is 0.0225 e. The lowest BCUT2D eigenvalue weighted by atomic mass is 9.89. The second-order valence-corrected chi connectivity index (χ2v) is 8.07. The predicted molar refractivity (Wildman–Crippen MR) is 80.8 cm³/mol. The molecule has 0 aromatic carbocycles. The minimum Gasteiger partial charge on any atom is -0.313 e. The van der Waals surface area contributed by atoms with Crippen molar-refractivity contribution in [1.29, 1.82) is 0 Å². The van der Waals surface area contributed by atoms with Gasteiger partial charge in [0.05, 0.1) is 0 Å². The average Bonchev–Trinajstić information content (AvgIpc) is 2.52. The van der Waals surface area contributed by atoms with Crippen LogP contribution < -0.4 is 5.32 Å². The quantitative estimate of drug-likeness (QED) is 0.736. The summed E-state index contributed by atoms with van der Waals surface area (Å²) in [7, 11) is 0. The van der Waals surface area contributed by atoms with E-state index in [1.54, 1.807) is 0 Å². The van der Waals surface area contributed by atoms with Crippen LogP contribution in [0.15, 0.2) is 0 Å². The van der Waals surface area contributed by atoms with Gasteiger partial charge in [0.15, 0.2) is 0 Å². The zero-order chi connectivity index (χ0) is 12.9. The molecule has 2 heteroatoms. The van der Waals surface area contributed by atoms with Crippen molar-refractivity contribution in [3.63, 3.8) is 0 Å². The Morgan fingerprint density at radius 2 is 1.88 bits per heavy atom. The van der Waals surface area contributed by atoms with Crippen LogP contribution in [-0.4, -0.2) is 23.6 Å². The largest absolute Gasteiger partial charge is 0.313 e. The second kappa shape index (κ2) is 7.04. The normalized spacial score (nSPS) is 27.2. The zero-order valence-corrected chi connectivity index (χ0v) is 13.2. The Morgan fingerprint density at radius 1 is 1.18 bits per heavy atom. The summed E-state index contributed by atoms with van der Waals surface area (Å²) in [5, 5.41) is 3.79. The molecule has 0 bridgehead atoms. The van der Waals surface area contributed by atoms with Crippen LogP contribution in [0.5, 0.6) is 0 Å². The number of nitrogens with one attached hydrogen (secondary N) is 1. The van der Waals surface area contributed by atoms with Crippen LogP contribution in [0.2, 0.25) is 0 Å². The summed E-state index contributed by atoms with van der Waals surface area (Å²) >= 11 is 1.96. The summed E-state index contributed by atoms with van der Waals surface area (Å²) in [4.78, 5) is 0. The SMILES string of the molecule is CSC(C)(C)CNC1CCCC(C(C)C)CC1. The number of hydrogen-bond acceptors (Lipinski definition) is 2. The van der Waals surface area contributed by atoms with Crippen molar-refractivity contribution in [3.05, 3.63) is 0 Å². The fourth-order valence-corrected chi connectivity index (χ4v) is 2.89. The Hall–Kier alpha value is 0.310. The number of hydrogen-bond donors (Lipinski definition) is 1. The topological polar surface area (TPSA) is 12.0 Å². The van der Waals surface area contributed by atoms with E-state index in [9.17, 15) is 0 Å². The maximum atomic E-state index is 3.79. The molecule has 1 fully saturated rings. The molecule has 1 saturated carbocycles. The molecule has 0 spiro atoms. The van der Waals surface area contributed by atoms with E-state index in [0.29, 0.717) is 4.75 Å². The van der Waals surface area contributed by atoms with Crippen LogP contribution in [0.3, 0.4) is 0 Å². The van der Waals surface area contributed by atoms with Gasteiger partial charge in [-0.05, 0) is 51.2 Å². The predicted octanol–water partition coefficient (Wildman–Crippen LogP) is 4.32. The highest BCUT2D eigenvalue weighted by atomic mass is 32.2. The van der Waals surface area contributed by atoms with Gasteiger partial charge in [-0.2, -0.15) is 11.8 Å². The summed E-state index contributed by atoms with van der Waals surface area (Å²) in [6.45, 7) is 10.6. The van der Waals surface area contributed by atoms with Gasteiger partial charge in [0.25, 0.3) is 0 Å². The first-order valence-corrected chi connectivity index (χ1v) is 8.45. The molecule has 0 aliphatic heterocycles. The molecular formula is C15H31NS. The van der Waals surface area contributed by atoms with Crippen LogP contribution in [-0.2, 0) is 0 Å². The highest BCUT2D eigenvalue weighted by Gasteiger charge is 2.23. The lowest BCUT2D eigenvalue weighted by Gasteiger charge is -2.26. The van der Waals surface area contributed by atoms with E-state index in [2.05, 4.69) is 39.3 Å². The van der Waals surface area contributed by atoms with Crippen molar-refractivity contribution in [2.24, 2.45) is 11.8 Å². The molecular weight excluding hydrogens is 226 g/mol. The van der Waals surface area contributed by atoms with Crippen molar-refractivity contribution >= 4 is 11.8 Å². The minimum atomic E-state index is 0.379. The summed E-state index contributed by atoms with van der Waals surface area (Å²) in [5.41, 5.74) is 0. The average molecular weight is 257 g/mol. The Bertz CT molecular complexity index is 213. The van der Waals surface area contributed by atoms with Crippen molar-refractivity contribution in [3.8, 4) is 0 Å². The number of thioether (sulfide) groups is 1. The monoisotopic (exact) mass is 257 g/mol. The van der Waals surface area contributed by atoms with Gasteiger partial charge in [0.2, 0.25) is 0 Å². The molecule has 1 nitrogen and oxygen atoms in total. The van der Waals surface area contributed by atoms with E-state index < -0.39 is 0 Å². The molecule has 2 unspecified atom stereocenters. The fraction of sp³-hybridized carbons (Fsp3) is 1.00. The van der Waals surface area contributed by atoms with Gasteiger partial charge in [-0.1, -0.05) is 26.7 Å². The third-order valence-corrected chi connectivity index (χ3v) is 5.57. The van der Waals surface area contributed by atoms with E-state index in [0.717, 1.165) is 24.4 Å². The molecule has 1 aliphatic carbocycles. The van der Waals surface area contributed by atoms with Crippen LogP contribution in [0.1, 0.15) is 59.8 Å². The van der Waals surface area contributed by atoms with Crippen molar-refractivity contribution in [1.82, 2.24) is 5.32 Å². The summed E-state index contributed by atoms with van der Waals surface area (Å²) in [6.07, 6.45) is 9.27. The van der Waals surface area contributed by atoms with E-state index in [1.807, 2.05) is 11.8 Å². The molecule has 0 aromatic heterocycles. The first kappa shape index (κ1) is 15.4. The third kappa shape index (κ3) is 5.65. The highest BCUT2D eigenvalue weighted by molar-refractivity contribution is 7.99. The third-order valence-electron chi connectivity index (χ3n) is 4.33.